The lowest BCUT2D eigenvalue weighted by atomic mass is 9.96. The van der Waals surface area contributed by atoms with E-state index in [1.54, 1.807) is 30.5 Å². The van der Waals surface area contributed by atoms with Crippen LogP contribution in [0, 0.1) is 5.82 Å². The van der Waals surface area contributed by atoms with Gasteiger partial charge in [-0.25, -0.2) is 4.39 Å². The molecular weight excluding hydrogens is 295 g/mol. The summed E-state index contributed by atoms with van der Waals surface area (Å²) in [6, 6.07) is 12.4. The van der Waals surface area contributed by atoms with Crippen LogP contribution in [0.4, 0.5) is 4.39 Å². The van der Waals surface area contributed by atoms with Gasteiger partial charge in [-0.2, -0.15) is 0 Å². The number of hydrogen-bond donors (Lipinski definition) is 2. The molecule has 0 aliphatic carbocycles. The molecule has 4 nitrogen and oxygen atoms in total. The summed E-state index contributed by atoms with van der Waals surface area (Å²) >= 11 is 0. The van der Waals surface area contributed by atoms with Gasteiger partial charge in [0.15, 0.2) is 0 Å². The van der Waals surface area contributed by atoms with E-state index in [1.165, 1.54) is 19.1 Å². The van der Waals surface area contributed by atoms with Crippen LogP contribution < -0.4 is 5.32 Å². The van der Waals surface area contributed by atoms with Gasteiger partial charge in [0.2, 0.25) is 5.91 Å². The van der Waals surface area contributed by atoms with Crippen LogP contribution in [0.1, 0.15) is 24.1 Å². The molecule has 1 aromatic heterocycles. The standard InChI is InChI=1S/C18H15FN2O2/c1-11(22)21-16(13-4-7-14(19)8-5-13)15-9-6-12-3-2-10-20-17(12)18(15)23/h2-10,16,23H,1H3,(H,21,22)/t16-/m1/s1. The second-order valence-electron chi connectivity index (χ2n) is 5.26. The third kappa shape index (κ3) is 2.99. The summed E-state index contributed by atoms with van der Waals surface area (Å²) in [5, 5.41) is 14.1. The van der Waals surface area contributed by atoms with Crippen molar-refractivity contribution in [1.29, 1.82) is 0 Å². The van der Waals surface area contributed by atoms with Crippen molar-refractivity contribution in [1.82, 2.24) is 10.3 Å². The number of nitrogens with zero attached hydrogens (tertiary/aromatic N) is 1. The van der Waals surface area contributed by atoms with Gasteiger partial charge >= 0.3 is 0 Å². The highest BCUT2D eigenvalue weighted by atomic mass is 19.1. The van der Waals surface area contributed by atoms with E-state index in [1.807, 2.05) is 12.1 Å². The second-order valence-corrected chi connectivity index (χ2v) is 5.26. The molecule has 0 radical (unpaired) electrons. The van der Waals surface area contributed by atoms with Gasteiger partial charge in [-0.3, -0.25) is 9.78 Å². The number of carbonyl (C=O) groups is 1. The van der Waals surface area contributed by atoms with Gasteiger partial charge in [-0.1, -0.05) is 30.3 Å². The molecule has 0 saturated heterocycles. The van der Waals surface area contributed by atoms with Crippen molar-refractivity contribution in [3.63, 3.8) is 0 Å². The first-order chi connectivity index (χ1) is 11.1. The number of aromatic nitrogens is 1. The number of amides is 1. The number of benzene rings is 2. The Morgan fingerprint density at radius 2 is 1.91 bits per heavy atom. The first-order valence-electron chi connectivity index (χ1n) is 7.15. The molecule has 3 rings (SSSR count). The molecule has 1 atom stereocenters. The van der Waals surface area contributed by atoms with Gasteiger partial charge in [0.05, 0.1) is 6.04 Å². The zero-order valence-corrected chi connectivity index (χ0v) is 12.5. The van der Waals surface area contributed by atoms with Gasteiger partial charge < -0.3 is 10.4 Å². The molecule has 0 saturated carbocycles. The van der Waals surface area contributed by atoms with Gasteiger partial charge in [0.25, 0.3) is 0 Å². The lowest BCUT2D eigenvalue weighted by Gasteiger charge is -2.20. The van der Waals surface area contributed by atoms with Crippen molar-refractivity contribution in [2.45, 2.75) is 13.0 Å². The van der Waals surface area contributed by atoms with Crippen molar-refractivity contribution in [3.05, 3.63) is 71.7 Å². The minimum Gasteiger partial charge on any atom is -0.505 e. The Labute approximate surface area is 132 Å². The maximum Gasteiger partial charge on any atom is 0.217 e. The van der Waals surface area contributed by atoms with Crippen LogP contribution >= 0.6 is 0 Å². The lowest BCUT2D eigenvalue weighted by molar-refractivity contribution is -0.119. The summed E-state index contributed by atoms with van der Waals surface area (Å²) < 4.78 is 13.2. The normalized spacial score (nSPS) is 12.1. The summed E-state index contributed by atoms with van der Waals surface area (Å²) in [6.45, 7) is 1.40. The summed E-state index contributed by atoms with van der Waals surface area (Å²) in [7, 11) is 0. The quantitative estimate of drug-likeness (QED) is 0.780. The van der Waals surface area contributed by atoms with Crippen LogP contribution in [0.2, 0.25) is 0 Å². The van der Waals surface area contributed by atoms with E-state index >= 15 is 0 Å². The Morgan fingerprint density at radius 1 is 1.17 bits per heavy atom. The van der Waals surface area contributed by atoms with Crippen LogP contribution in [-0.4, -0.2) is 16.0 Å². The third-order valence-electron chi connectivity index (χ3n) is 3.64. The fourth-order valence-electron chi connectivity index (χ4n) is 2.58. The molecule has 0 unspecified atom stereocenters. The minimum absolute atomic E-state index is 0.00572. The fourth-order valence-corrected chi connectivity index (χ4v) is 2.58. The molecule has 1 heterocycles. The van der Waals surface area contributed by atoms with Crippen molar-refractivity contribution >= 4 is 16.8 Å². The number of pyridine rings is 1. The number of fused-ring (bicyclic) bond motifs is 1. The number of carbonyl (C=O) groups excluding carboxylic acids is 1. The first kappa shape index (κ1) is 15.0. The SMILES string of the molecule is CC(=O)N[C@H](c1ccc(F)cc1)c1ccc2cccnc2c1O. The van der Waals surface area contributed by atoms with E-state index in [4.69, 9.17) is 0 Å². The van der Waals surface area contributed by atoms with Crippen LogP contribution in [0.5, 0.6) is 5.75 Å². The summed E-state index contributed by atoms with van der Waals surface area (Å²) in [4.78, 5) is 15.7. The average Bonchev–Trinajstić information content (AvgIpc) is 2.54. The van der Waals surface area contributed by atoms with Crippen molar-refractivity contribution < 1.29 is 14.3 Å². The van der Waals surface area contributed by atoms with Crippen molar-refractivity contribution in [2.75, 3.05) is 0 Å². The summed E-state index contributed by atoms with van der Waals surface area (Å²) in [5.74, 6) is -0.606. The van der Waals surface area contributed by atoms with Crippen LogP contribution in [0.25, 0.3) is 10.9 Å². The van der Waals surface area contributed by atoms with E-state index in [0.717, 1.165) is 5.39 Å². The Balaban J connectivity index is 2.14. The van der Waals surface area contributed by atoms with Crippen molar-refractivity contribution in [2.24, 2.45) is 0 Å². The molecule has 0 fully saturated rings. The number of phenolic OH excluding ortho intramolecular Hbond substituents is 1. The van der Waals surface area contributed by atoms with Crippen LogP contribution in [0.3, 0.4) is 0 Å². The topological polar surface area (TPSA) is 62.2 Å². The highest BCUT2D eigenvalue weighted by Gasteiger charge is 2.20. The highest BCUT2D eigenvalue weighted by molar-refractivity contribution is 5.86. The van der Waals surface area contributed by atoms with E-state index in [9.17, 15) is 14.3 Å². The average molecular weight is 310 g/mol. The monoisotopic (exact) mass is 310 g/mol. The van der Waals surface area contributed by atoms with E-state index in [-0.39, 0.29) is 17.5 Å². The maximum atomic E-state index is 13.2. The molecular formula is C18H15FN2O2. The molecule has 0 spiro atoms. The molecule has 5 heteroatoms. The molecule has 3 aromatic rings. The van der Waals surface area contributed by atoms with Crippen molar-refractivity contribution in [3.8, 4) is 5.75 Å². The summed E-state index contributed by atoms with van der Waals surface area (Å²) in [5.41, 5.74) is 1.65. The zero-order chi connectivity index (χ0) is 16.4. The number of aromatic hydroxyl groups is 1. The van der Waals surface area contributed by atoms with Gasteiger partial charge in [0.1, 0.15) is 17.1 Å². The first-order valence-corrected chi connectivity index (χ1v) is 7.15. The molecule has 1 amide bonds. The Bertz CT molecular complexity index is 863. The molecule has 0 bridgehead atoms. The lowest BCUT2D eigenvalue weighted by Crippen LogP contribution is -2.27. The van der Waals surface area contributed by atoms with Crippen LogP contribution in [-0.2, 0) is 4.79 Å². The Hall–Kier alpha value is -2.95. The smallest absolute Gasteiger partial charge is 0.217 e. The number of halogens is 1. The highest BCUT2D eigenvalue weighted by Crippen LogP contribution is 2.34. The minimum atomic E-state index is -0.584. The molecule has 23 heavy (non-hydrogen) atoms. The van der Waals surface area contributed by atoms with E-state index in [2.05, 4.69) is 10.3 Å². The Morgan fingerprint density at radius 3 is 2.61 bits per heavy atom. The van der Waals surface area contributed by atoms with Gasteiger partial charge in [0, 0.05) is 24.1 Å². The number of phenols is 1. The molecule has 0 aliphatic heterocycles. The Kier molecular flexibility index (Phi) is 3.93. The molecule has 2 N–H and O–H groups in total. The van der Waals surface area contributed by atoms with Crippen LogP contribution in [0.15, 0.2) is 54.7 Å². The predicted octanol–water partition coefficient (Wildman–Crippen LogP) is 3.31. The second kappa shape index (κ2) is 6.04. The molecule has 2 aromatic carbocycles. The number of rotatable bonds is 3. The largest absolute Gasteiger partial charge is 0.505 e. The third-order valence-corrected chi connectivity index (χ3v) is 3.64. The summed E-state index contributed by atoms with van der Waals surface area (Å²) in [6.07, 6.45) is 1.59. The van der Waals surface area contributed by atoms with Gasteiger partial charge in [-0.15, -0.1) is 0 Å². The number of hydrogen-bond acceptors (Lipinski definition) is 3. The zero-order valence-electron chi connectivity index (χ0n) is 12.5. The fraction of sp³-hybridized carbons (Fsp3) is 0.111. The molecule has 116 valence electrons. The van der Waals surface area contributed by atoms with Gasteiger partial charge in [-0.05, 0) is 23.8 Å². The maximum absolute atomic E-state index is 13.2. The van der Waals surface area contributed by atoms with E-state index < -0.39 is 6.04 Å². The van der Waals surface area contributed by atoms with E-state index in [0.29, 0.717) is 16.6 Å². The predicted molar refractivity (Wildman–Crippen MR) is 85.5 cm³/mol. The molecule has 0 aliphatic rings. The number of nitrogens with one attached hydrogen (secondary N) is 1.